The van der Waals surface area contributed by atoms with Crippen LogP contribution in [-0.4, -0.2) is 18.5 Å². The highest BCUT2D eigenvalue weighted by Crippen LogP contribution is 2.36. The molecule has 1 aliphatic rings. The molecule has 0 aromatic carbocycles. The average molecular weight is 184 g/mol. The van der Waals surface area contributed by atoms with Gasteiger partial charge in [0.2, 0.25) is 5.91 Å². The van der Waals surface area contributed by atoms with Gasteiger partial charge < -0.3 is 11.1 Å². The van der Waals surface area contributed by atoms with Gasteiger partial charge in [-0.15, -0.1) is 0 Å². The summed E-state index contributed by atoms with van der Waals surface area (Å²) in [5.74, 6) is -0.0341. The molecule has 0 bridgehead atoms. The molecule has 0 radical (unpaired) electrons. The number of hydrogen-bond donors (Lipinski definition) is 2. The lowest BCUT2D eigenvalue weighted by atomic mass is 9.89. The van der Waals surface area contributed by atoms with Crippen molar-refractivity contribution < 1.29 is 4.79 Å². The Balaban J connectivity index is 2.29. The third-order valence-corrected chi connectivity index (χ3v) is 2.91. The Kier molecular flexibility index (Phi) is 3.31. The molecule has 1 amide bonds. The second-order valence-electron chi connectivity index (χ2n) is 4.52. The van der Waals surface area contributed by atoms with Crippen molar-refractivity contribution in [3.63, 3.8) is 0 Å². The zero-order valence-corrected chi connectivity index (χ0v) is 8.60. The predicted molar refractivity (Wildman–Crippen MR) is 53.2 cm³/mol. The molecule has 1 unspecified atom stereocenters. The van der Waals surface area contributed by atoms with Crippen LogP contribution in [0.5, 0.6) is 0 Å². The van der Waals surface area contributed by atoms with Crippen LogP contribution in [0.4, 0.5) is 0 Å². The molecule has 1 atom stereocenters. The Morgan fingerprint density at radius 2 is 2.08 bits per heavy atom. The van der Waals surface area contributed by atoms with Gasteiger partial charge in [-0.05, 0) is 25.2 Å². The van der Waals surface area contributed by atoms with Crippen LogP contribution >= 0.6 is 0 Å². The lowest BCUT2D eigenvalue weighted by Gasteiger charge is -2.24. The molecule has 0 heterocycles. The van der Waals surface area contributed by atoms with Crippen LogP contribution in [0.3, 0.4) is 0 Å². The van der Waals surface area contributed by atoms with Gasteiger partial charge in [-0.3, -0.25) is 4.79 Å². The summed E-state index contributed by atoms with van der Waals surface area (Å²) in [6, 6.07) is -0.384. The summed E-state index contributed by atoms with van der Waals surface area (Å²) in [5, 5.41) is 2.90. The quantitative estimate of drug-likeness (QED) is 0.688. The number of rotatable bonds is 3. The van der Waals surface area contributed by atoms with E-state index in [1.165, 1.54) is 25.7 Å². The van der Waals surface area contributed by atoms with Crippen molar-refractivity contribution in [3.05, 3.63) is 0 Å². The van der Waals surface area contributed by atoms with E-state index in [0.29, 0.717) is 5.41 Å². The van der Waals surface area contributed by atoms with Crippen molar-refractivity contribution >= 4 is 5.91 Å². The van der Waals surface area contributed by atoms with E-state index >= 15 is 0 Å². The highest BCUT2D eigenvalue weighted by molar-refractivity contribution is 5.80. The maximum Gasteiger partial charge on any atom is 0.236 e. The number of nitrogens with two attached hydrogens (primary N) is 1. The molecule has 0 aliphatic heterocycles. The van der Waals surface area contributed by atoms with Gasteiger partial charge in [0.1, 0.15) is 0 Å². The molecule has 1 fully saturated rings. The monoisotopic (exact) mass is 184 g/mol. The van der Waals surface area contributed by atoms with Gasteiger partial charge in [0.15, 0.2) is 0 Å². The molecule has 1 saturated carbocycles. The summed E-state index contributed by atoms with van der Waals surface area (Å²) < 4.78 is 0. The van der Waals surface area contributed by atoms with E-state index in [1.54, 1.807) is 6.92 Å². The van der Waals surface area contributed by atoms with Crippen molar-refractivity contribution in [2.45, 2.75) is 45.6 Å². The van der Waals surface area contributed by atoms with Crippen LogP contribution in [0.15, 0.2) is 0 Å². The molecular formula is C10H20N2O. The minimum Gasteiger partial charge on any atom is -0.354 e. The molecule has 1 rings (SSSR count). The zero-order chi connectivity index (χ0) is 9.90. The molecule has 0 aromatic heterocycles. The Bertz CT molecular complexity index is 183. The molecule has 0 saturated heterocycles. The summed E-state index contributed by atoms with van der Waals surface area (Å²) >= 11 is 0. The summed E-state index contributed by atoms with van der Waals surface area (Å²) in [7, 11) is 0. The summed E-state index contributed by atoms with van der Waals surface area (Å²) in [4.78, 5) is 11.2. The molecular weight excluding hydrogens is 164 g/mol. The first-order valence-corrected chi connectivity index (χ1v) is 5.07. The summed E-state index contributed by atoms with van der Waals surface area (Å²) in [6.07, 6.45) is 5.05. The molecule has 3 heteroatoms. The SMILES string of the molecule is CC(N)C(=O)NCC1(C)CCCC1. The van der Waals surface area contributed by atoms with Crippen LogP contribution < -0.4 is 11.1 Å². The van der Waals surface area contributed by atoms with Gasteiger partial charge in [-0.25, -0.2) is 0 Å². The number of carbonyl (C=O) groups is 1. The van der Waals surface area contributed by atoms with Crippen molar-refractivity contribution in [1.29, 1.82) is 0 Å². The van der Waals surface area contributed by atoms with Crippen LogP contribution in [0.1, 0.15) is 39.5 Å². The van der Waals surface area contributed by atoms with Crippen LogP contribution in [0.25, 0.3) is 0 Å². The highest BCUT2D eigenvalue weighted by atomic mass is 16.2. The molecule has 0 spiro atoms. The van der Waals surface area contributed by atoms with Gasteiger partial charge >= 0.3 is 0 Å². The lowest BCUT2D eigenvalue weighted by molar-refractivity contribution is -0.122. The normalized spacial score (nSPS) is 22.7. The lowest BCUT2D eigenvalue weighted by Crippen LogP contribution is -2.42. The third-order valence-electron chi connectivity index (χ3n) is 2.91. The maximum atomic E-state index is 11.2. The zero-order valence-electron chi connectivity index (χ0n) is 8.60. The van der Waals surface area contributed by atoms with Gasteiger partial charge in [-0.2, -0.15) is 0 Å². The van der Waals surface area contributed by atoms with E-state index in [2.05, 4.69) is 12.2 Å². The second kappa shape index (κ2) is 4.09. The Morgan fingerprint density at radius 1 is 1.54 bits per heavy atom. The predicted octanol–water partition coefficient (Wildman–Crippen LogP) is 1.03. The standard InChI is InChI=1S/C10H20N2O/c1-8(11)9(13)12-7-10(2)5-3-4-6-10/h8H,3-7,11H2,1-2H3,(H,12,13). The Morgan fingerprint density at radius 3 is 2.54 bits per heavy atom. The second-order valence-corrected chi connectivity index (χ2v) is 4.52. The van der Waals surface area contributed by atoms with E-state index < -0.39 is 0 Å². The third kappa shape index (κ3) is 2.99. The van der Waals surface area contributed by atoms with E-state index in [1.807, 2.05) is 0 Å². The Hall–Kier alpha value is -0.570. The largest absolute Gasteiger partial charge is 0.354 e. The van der Waals surface area contributed by atoms with E-state index in [0.717, 1.165) is 6.54 Å². The fourth-order valence-electron chi connectivity index (χ4n) is 1.87. The van der Waals surface area contributed by atoms with Crippen LogP contribution in [0.2, 0.25) is 0 Å². The van der Waals surface area contributed by atoms with Crippen molar-refractivity contribution in [2.24, 2.45) is 11.1 Å². The number of amides is 1. The van der Waals surface area contributed by atoms with Crippen molar-refractivity contribution in [2.75, 3.05) is 6.54 Å². The minimum absolute atomic E-state index is 0.0341. The first-order valence-electron chi connectivity index (χ1n) is 5.07. The number of nitrogens with one attached hydrogen (secondary N) is 1. The van der Waals surface area contributed by atoms with E-state index in [4.69, 9.17) is 5.73 Å². The summed E-state index contributed by atoms with van der Waals surface area (Å²) in [5.41, 5.74) is 5.78. The molecule has 3 N–H and O–H groups in total. The highest BCUT2D eigenvalue weighted by Gasteiger charge is 2.28. The molecule has 13 heavy (non-hydrogen) atoms. The van der Waals surface area contributed by atoms with E-state index in [-0.39, 0.29) is 11.9 Å². The van der Waals surface area contributed by atoms with Gasteiger partial charge in [0.05, 0.1) is 6.04 Å². The maximum absolute atomic E-state index is 11.2. The van der Waals surface area contributed by atoms with Gasteiger partial charge in [-0.1, -0.05) is 19.8 Å². The molecule has 3 nitrogen and oxygen atoms in total. The Labute approximate surface area is 80.1 Å². The fraction of sp³-hybridized carbons (Fsp3) is 0.900. The average Bonchev–Trinajstić information content (AvgIpc) is 2.48. The molecule has 0 aromatic rings. The first-order chi connectivity index (χ1) is 6.03. The van der Waals surface area contributed by atoms with Crippen molar-refractivity contribution in [3.8, 4) is 0 Å². The van der Waals surface area contributed by atoms with Gasteiger partial charge in [0, 0.05) is 6.54 Å². The molecule has 1 aliphatic carbocycles. The minimum atomic E-state index is -0.384. The molecule has 76 valence electrons. The van der Waals surface area contributed by atoms with Crippen molar-refractivity contribution in [1.82, 2.24) is 5.32 Å². The topological polar surface area (TPSA) is 55.1 Å². The first kappa shape index (κ1) is 10.5. The fourth-order valence-corrected chi connectivity index (χ4v) is 1.87. The van der Waals surface area contributed by atoms with Crippen LogP contribution in [-0.2, 0) is 4.79 Å². The van der Waals surface area contributed by atoms with Crippen LogP contribution in [0, 0.1) is 5.41 Å². The van der Waals surface area contributed by atoms with E-state index in [9.17, 15) is 4.79 Å². The smallest absolute Gasteiger partial charge is 0.236 e. The summed E-state index contributed by atoms with van der Waals surface area (Å²) in [6.45, 7) is 4.74. The van der Waals surface area contributed by atoms with Gasteiger partial charge in [0.25, 0.3) is 0 Å². The number of hydrogen-bond acceptors (Lipinski definition) is 2. The number of carbonyl (C=O) groups excluding carboxylic acids is 1.